The van der Waals surface area contributed by atoms with Gasteiger partial charge in [0.15, 0.2) is 0 Å². The molecule has 1 aliphatic heterocycles. The average Bonchev–Trinajstić information content (AvgIpc) is 3.25. The van der Waals surface area contributed by atoms with Crippen molar-refractivity contribution in [1.29, 1.82) is 0 Å². The van der Waals surface area contributed by atoms with Gasteiger partial charge in [0, 0.05) is 24.9 Å². The molecular formula is C25H29FN2O2. The number of nitrogens with one attached hydrogen (secondary N) is 1. The molecule has 5 heteroatoms. The van der Waals surface area contributed by atoms with Gasteiger partial charge in [-0.25, -0.2) is 4.39 Å². The van der Waals surface area contributed by atoms with Crippen molar-refractivity contribution in [1.82, 2.24) is 10.2 Å². The Morgan fingerprint density at radius 2 is 1.70 bits per heavy atom. The van der Waals surface area contributed by atoms with E-state index >= 15 is 0 Å². The lowest BCUT2D eigenvalue weighted by Crippen LogP contribution is -2.48. The van der Waals surface area contributed by atoms with Crippen LogP contribution in [0.15, 0.2) is 54.6 Å². The Morgan fingerprint density at radius 1 is 1.00 bits per heavy atom. The molecule has 4 nitrogen and oxygen atoms in total. The minimum absolute atomic E-state index is 0.0411. The van der Waals surface area contributed by atoms with Gasteiger partial charge in [0.2, 0.25) is 11.8 Å². The third kappa shape index (κ3) is 4.25. The van der Waals surface area contributed by atoms with E-state index in [-0.39, 0.29) is 23.0 Å². The molecule has 158 valence electrons. The Labute approximate surface area is 177 Å². The number of benzene rings is 2. The van der Waals surface area contributed by atoms with Crippen LogP contribution in [-0.2, 0) is 15.0 Å². The second-order valence-corrected chi connectivity index (χ2v) is 8.57. The summed E-state index contributed by atoms with van der Waals surface area (Å²) in [6.07, 6.45) is 6.43. The van der Waals surface area contributed by atoms with Gasteiger partial charge in [-0.05, 0) is 48.9 Å². The number of piperidine rings is 1. The van der Waals surface area contributed by atoms with Gasteiger partial charge in [-0.2, -0.15) is 0 Å². The Morgan fingerprint density at radius 3 is 2.37 bits per heavy atom. The van der Waals surface area contributed by atoms with Crippen LogP contribution in [0.3, 0.4) is 0 Å². The highest BCUT2D eigenvalue weighted by Crippen LogP contribution is 2.41. The van der Waals surface area contributed by atoms with Gasteiger partial charge < -0.3 is 10.2 Å². The fourth-order valence-corrected chi connectivity index (χ4v) is 4.98. The fraction of sp³-hybridized carbons (Fsp3) is 0.440. The summed E-state index contributed by atoms with van der Waals surface area (Å²) in [5, 5.41) is 3.17. The highest BCUT2D eigenvalue weighted by molar-refractivity contribution is 5.89. The van der Waals surface area contributed by atoms with E-state index in [9.17, 15) is 14.0 Å². The van der Waals surface area contributed by atoms with Gasteiger partial charge in [0.05, 0.1) is 0 Å². The minimum atomic E-state index is -0.606. The summed E-state index contributed by atoms with van der Waals surface area (Å²) in [6, 6.07) is 15.6. The molecule has 1 saturated carbocycles. The molecule has 1 atom stereocenters. The van der Waals surface area contributed by atoms with E-state index in [2.05, 4.69) is 5.32 Å². The van der Waals surface area contributed by atoms with Gasteiger partial charge >= 0.3 is 0 Å². The smallest absolute Gasteiger partial charge is 0.247 e. The lowest BCUT2D eigenvalue weighted by molar-refractivity contribution is -0.142. The van der Waals surface area contributed by atoms with Crippen LogP contribution in [-0.4, -0.2) is 29.8 Å². The van der Waals surface area contributed by atoms with Gasteiger partial charge in [-0.3, -0.25) is 9.59 Å². The molecule has 1 unspecified atom stereocenters. The van der Waals surface area contributed by atoms with E-state index in [1.807, 2.05) is 42.5 Å². The number of amides is 2. The minimum Gasteiger partial charge on any atom is -0.353 e. The highest BCUT2D eigenvalue weighted by atomic mass is 19.1. The van der Waals surface area contributed by atoms with E-state index in [1.54, 1.807) is 4.90 Å². The van der Waals surface area contributed by atoms with Crippen LogP contribution in [0, 0.1) is 5.82 Å². The Balaban J connectivity index is 1.56. The monoisotopic (exact) mass is 408 g/mol. The second kappa shape index (κ2) is 8.99. The summed E-state index contributed by atoms with van der Waals surface area (Å²) < 4.78 is 13.4. The standard InChI is InChI=1S/C25H29FN2O2/c26-21-13-11-20(12-14-21)25(15-5-6-16-25)18-27-24(30)23(19-8-2-1-3-9-19)28-17-7-4-10-22(28)29/h1-3,8-9,11-14,23H,4-7,10,15-18H2,(H,27,30). The van der Waals surface area contributed by atoms with E-state index in [1.165, 1.54) is 12.1 Å². The molecule has 0 radical (unpaired) electrons. The zero-order valence-electron chi connectivity index (χ0n) is 17.3. The van der Waals surface area contributed by atoms with Gasteiger partial charge in [0.25, 0.3) is 0 Å². The quantitative estimate of drug-likeness (QED) is 0.765. The topological polar surface area (TPSA) is 49.4 Å². The molecule has 2 amide bonds. The van der Waals surface area contributed by atoms with Gasteiger partial charge in [-0.15, -0.1) is 0 Å². The first-order valence-electron chi connectivity index (χ1n) is 11.0. The Kier molecular flexibility index (Phi) is 6.16. The van der Waals surface area contributed by atoms with Crippen molar-refractivity contribution in [3.05, 3.63) is 71.5 Å². The number of likely N-dealkylation sites (tertiary alicyclic amines) is 1. The number of hydrogen-bond donors (Lipinski definition) is 1. The maximum absolute atomic E-state index is 13.4. The van der Waals surface area contributed by atoms with Crippen LogP contribution in [0.5, 0.6) is 0 Å². The first-order valence-corrected chi connectivity index (χ1v) is 11.0. The molecule has 0 bridgehead atoms. The molecule has 1 heterocycles. The van der Waals surface area contributed by atoms with Crippen LogP contribution in [0.25, 0.3) is 0 Å². The third-order valence-electron chi connectivity index (χ3n) is 6.65. The summed E-state index contributed by atoms with van der Waals surface area (Å²) in [7, 11) is 0. The number of carbonyl (C=O) groups is 2. The zero-order chi connectivity index (χ0) is 21.0. The first kappa shape index (κ1) is 20.6. The number of rotatable bonds is 6. The summed E-state index contributed by atoms with van der Waals surface area (Å²) in [5.41, 5.74) is 1.75. The molecule has 2 aromatic rings. The SMILES string of the molecule is O=C(NCC1(c2ccc(F)cc2)CCCC1)C(c1ccccc1)N1CCCCC1=O. The molecule has 2 fully saturated rings. The molecule has 2 aliphatic rings. The summed E-state index contributed by atoms with van der Waals surface area (Å²) in [6.45, 7) is 1.11. The van der Waals surface area contributed by atoms with Crippen molar-refractivity contribution in [2.24, 2.45) is 0 Å². The molecular weight excluding hydrogens is 379 g/mol. The molecule has 1 saturated heterocycles. The first-order chi connectivity index (χ1) is 14.6. The Bertz CT molecular complexity index is 876. The number of carbonyl (C=O) groups excluding carboxylic acids is 2. The molecule has 0 aromatic heterocycles. The van der Waals surface area contributed by atoms with Crippen LogP contribution >= 0.6 is 0 Å². The van der Waals surface area contributed by atoms with Crippen LogP contribution in [0.2, 0.25) is 0 Å². The average molecular weight is 409 g/mol. The predicted molar refractivity (Wildman–Crippen MR) is 114 cm³/mol. The lowest BCUT2D eigenvalue weighted by Gasteiger charge is -2.36. The Hall–Kier alpha value is -2.69. The van der Waals surface area contributed by atoms with Crippen molar-refractivity contribution in [3.63, 3.8) is 0 Å². The van der Waals surface area contributed by atoms with E-state index in [4.69, 9.17) is 0 Å². The summed E-state index contributed by atoms with van der Waals surface area (Å²) >= 11 is 0. The number of halogens is 1. The van der Waals surface area contributed by atoms with Crippen molar-refractivity contribution in [2.45, 2.75) is 56.4 Å². The molecule has 1 N–H and O–H groups in total. The normalized spacial score (nSPS) is 19.5. The zero-order valence-corrected chi connectivity index (χ0v) is 17.3. The maximum atomic E-state index is 13.4. The van der Waals surface area contributed by atoms with Crippen LogP contribution in [0.1, 0.15) is 62.1 Å². The van der Waals surface area contributed by atoms with Crippen molar-refractivity contribution >= 4 is 11.8 Å². The molecule has 2 aromatic carbocycles. The van der Waals surface area contributed by atoms with E-state index in [0.29, 0.717) is 19.5 Å². The molecule has 1 aliphatic carbocycles. The third-order valence-corrected chi connectivity index (χ3v) is 6.65. The molecule has 0 spiro atoms. The molecule has 30 heavy (non-hydrogen) atoms. The van der Waals surface area contributed by atoms with Crippen LogP contribution in [0.4, 0.5) is 4.39 Å². The van der Waals surface area contributed by atoms with Crippen molar-refractivity contribution in [3.8, 4) is 0 Å². The van der Waals surface area contributed by atoms with E-state index in [0.717, 1.165) is 49.7 Å². The number of nitrogens with zero attached hydrogens (tertiary/aromatic N) is 1. The van der Waals surface area contributed by atoms with E-state index < -0.39 is 6.04 Å². The highest BCUT2D eigenvalue weighted by Gasteiger charge is 2.38. The largest absolute Gasteiger partial charge is 0.353 e. The van der Waals surface area contributed by atoms with Crippen LogP contribution < -0.4 is 5.32 Å². The molecule has 4 rings (SSSR count). The predicted octanol–water partition coefficient (Wildman–Crippen LogP) is 4.51. The fourth-order valence-electron chi connectivity index (χ4n) is 4.98. The van der Waals surface area contributed by atoms with Gasteiger partial charge in [0.1, 0.15) is 11.9 Å². The summed E-state index contributed by atoms with van der Waals surface area (Å²) in [5.74, 6) is -0.340. The number of hydrogen-bond acceptors (Lipinski definition) is 2. The van der Waals surface area contributed by atoms with Gasteiger partial charge in [-0.1, -0.05) is 55.3 Å². The lowest BCUT2D eigenvalue weighted by atomic mass is 9.78. The summed E-state index contributed by atoms with van der Waals surface area (Å²) in [4.78, 5) is 27.7. The van der Waals surface area contributed by atoms with Crippen molar-refractivity contribution < 1.29 is 14.0 Å². The second-order valence-electron chi connectivity index (χ2n) is 8.57. The van der Waals surface area contributed by atoms with Crippen molar-refractivity contribution in [2.75, 3.05) is 13.1 Å². The maximum Gasteiger partial charge on any atom is 0.247 e.